The lowest BCUT2D eigenvalue weighted by Crippen LogP contribution is -2.00. The molecule has 0 aromatic rings. The molecule has 0 saturated heterocycles. The van der Waals surface area contributed by atoms with E-state index in [9.17, 15) is 0 Å². The number of hydrogen-bond donors (Lipinski definition) is 0. The SMILES string of the molecule is CCCCCC(CC)CCSC. The minimum atomic E-state index is 1.00. The smallest absolute Gasteiger partial charge is 0.00677 e. The van der Waals surface area contributed by atoms with Crippen LogP contribution in [0.25, 0.3) is 0 Å². The van der Waals surface area contributed by atoms with Crippen LogP contribution in [0.1, 0.15) is 52.4 Å². The zero-order chi connectivity index (χ0) is 9.23. The van der Waals surface area contributed by atoms with Crippen molar-refractivity contribution in [3.05, 3.63) is 0 Å². The van der Waals surface area contributed by atoms with Crippen molar-refractivity contribution in [3.63, 3.8) is 0 Å². The van der Waals surface area contributed by atoms with Gasteiger partial charge in [-0.3, -0.25) is 0 Å². The van der Waals surface area contributed by atoms with E-state index in [4.69, 9.17) is 0 Å². The molecule has 0 spiro atoms. The molecule has 0 aliphatic rings. The fourth-order valence-corrected chi connectivity index (χ4v) is 2.09. The van der Waals surface area contributed by atoms with Gasteiger partial charge in [0, 0.05) is 0 Å². The first-order valence-electron chi connectivity index (χ1n) is 5.34. The lowest BCUT2D eigenvalue weighted by Gasteiger charge is -2.13. The Morgan fingerprint density at radius 3 is 2.33 bits per heavy atom. The lowest BCUT2D eigenvalue weighted by molar-refractivity contribution is 0.435. The summed E-state index contributed by atoms with van der Waals surface area (Å²) in [5, 5.41) is 0. The van der Waals surface area contributed by atoms with E-state index in [1.165, 1.54) is 44.3 Å². The third kappa shape index (κ3) is 7.02. The van der Waals surface area contributed by atoms with Gasteiger partial charge in [0.2, 0.25) is 0 Å². The molecule has 0 aromatic carbocycles. The van der Waals surface area contributed by atoms with Crippen LogP contribution >= 0.6 is 11.8 Å². The molecule has 0 amide bonds. The van der Waals surface area contributed by atoms with Gasteiger partial charge in [-0.25, -0.2) is 0 Å². The Kier molecular flexibility index (Phi) is 9.71. The van der Waals surface area contributed by atoms with Gasteiger partial charge in [0.1, 0.15) is 0 Å². The molecule has 0 rings (SSSR count). The Balaban J connectivity index is 3.26. The van der Waals surface area contributed by atoms with E-state index in [1.807, 2.05) is 11.8 Å². The van der Waals surface area contributed by atoms with Crippen molar-refractivity contribution in [2.24, 2.45) is 5.92 Å². The van der Waals surface area contributed by atoms with Gasteiger partial charge in [0.15, 0.2) is 0 Å². The quantitative estimate of drug-likeness (QED) is 0.510. The fourth-order valence-electron chi connectivity index (χ4n) is 1.52. The first-order valence-corrected chi connectivity index (χ1v) is 6.73. The second-order valence-corrected chi connectivity index (χ2v) is 4.54. The van der Waals surface area contributed by atoms with Gasteiger partial charge in [0.25, 0.3) is 0 Å². The molecular weight excluding hydrogens is 164 g/mol. The highest BCUT2D eigenvalue weighted by Gasteiger charge is 2.04. The van der Waals surface area contributed by atoms with Crippen LogP contribution < -0.4 is 0 Å². The molecule has 0 heterocycles. The van der Waals surface area contributed by atoms with Crippen LogP contribution in [0.15, 0.2) is 0 Å². The van der Waals surface area contributed by atoms with Crippen LogP contribution in [0.3, 0.4) is 0 Å². The Morgan fingerprint density at radius 1 is 1.08 bits per heavy atom. The van der Waals surface area contributed by atoms with Gasteiger partial charge in [-0.15, -0.1) is 0 Å². The summed E-state index contributed by atoms with van der Waals surface area (Å²) in [6.07, 6.45) is 10.7. The van der Waals surface area contributed by atoms with Crippen LogP contribution in [0, 0.1) is 5.92 Å². The zero-order valence-electron chi connectivity index (χ0n) is 8.94. The molecule has 0 aliphatic carbocycles. The molecule has 1 unspecified atom stereocenters. The first kappa shape index (κ1) is 12.3. The van der Waals surface area contributed by atoms with Crippen LogP contribution in [0.4, 0.5) is 0 Å². The summed E-state index contributed by atoms with van der Waals surface area (Å²) in [6.45, 7) is 4.61. The number of rotatable bonds is 8. The average Bonchev–Trinajstić information content (AvgIpc) is 2.11. The minimum absolute atomic E-state index is 1.00. The largest absolute Gasteiger partial charge is 0.165 e. The average molecular weight is 188 g/mol. The van der Waals surface area contributed by atoms with Crippen LogP contribution in [-0.4, -0.2) is 12.0 Å². The van der Waals surface area contributed by atoms with Crippen molar-refractivity contribution in [2.45, 2.75) is 52.4 Å². The van der Waals surface area contributed by atoms with Crippen molar-refractivity contribution in [3.8, 4) is 0 Å². The van der Waals surface area contributed by atoms with Crippen LogP contribution in [0.2, 0.25) is 0 Å². The molecular formula is C11H24S. The summed E-state index contributed by atoms with van der Waals surface area (Å²) in [7, 11) is 0. The van der Waals surface area contributed by atoms with E-state index in [2.05, 4.69) is 20.1 Å². The summed E-state index contributed by atoms with van der Waals surface area (Å²) in [4.78, 5) is 0. The van der Waals surface area contributed by atoms with Gasteiger partial charge in [0.05, 0.1) is 0 Å². The maximum Gasteiger partial charge on any atom is -0.00677 e. The van der Waals surface area contributed by atoms with Crippen LogP contribution in [-0.2, 0) is 0 Å². The highest BCUT2D eigenvalue weighted by atomic mass is 32.2. The van der Waals surface area contributed by atoms with Gasteiger partial charge >= 0.3 is 0 Å². The highest BCUT2D eigenvalue weighted by Crippen LogP contribution is 2.18. The summed E-state index contributed by atoms with van der Waals surface area (Å²) < 4.78 is 0. The topological polar surface area (TPSA) is 0 Å². The van der Waals surface area contributed by atoms with Crippen molar-refractivity contribution in [2.75, 3.05) is 12.0 Å². The Hall–Kier alpha value is 0.350. The Labute approximate surface area is 82.5 Å². The van der Waals surface area contributed by atoms with E-state index < -0.39 is 0 Å². The molecule has 0 bridgehead atoms. The predicted molar refractivity (Wildman–Crippen MR) is 60.9 cm³/mol. The fraction of sp³-hybridized carbons (Fsp3) is 1.00. The van der Waals surface area contributed by atoms with E-state index >= 15 is 0 Å². The molecule has 0 nitrogen and oxygen atoms in total. The summed E-state index contributed by atoms with van der Waals surface area (Å²) in [5.41, 5.74) is 0. The molecule has 0 saturated carbocycles. The molecule has 1 atom stereocenters. The van der Waals surface area contributed by atoms with E-state index in [-0.39, 0.29) is 0 Å². The third-order valence-electron chi connectivity index (χ3n) is 2.52. The second kappa shape index (κ2) is 9.44. The molecule has 0 N–H and O–H groups in total. The molecule has 0 radical (unpaired) electrons. The Bertz CT molecular complexity index is 81.1. The monoisotopic (exact) mass is 188 g/mol. The summed E-state index contributed by atoms with van der Waals surface area (Å²) >= 11 is 1.98. The number of hydrogen-bond acceptors (Lipinski definition) is 1. The normalized spacial score (nSPS) is 13.2. The molecule has 74 valence electrons. The third-order valence-corrected chi connectivity index (χ3v) is 3.17. The van der Waals surface area contributed by atoms with E-state index in [1.54, 1.807) is 0 Å². The number of thioether (sulfide) groups is 1. The van der Waals surface area contributed by atoms with E-state index in [0.717, 1.165) is 5.92 Å². The van der Waals surface area contributed by atoms with Gasteiger partial charge in [-0.05, 0) is 24.3 Å². The lowest BCUT2D eigenvalue weighted by atomic mass is 9.96. The maximum absolute atomic E-state index is 2.33. The molecule has 0 aliphatic heterocycles. The molecule has 12 heavy (non-hydrogen) atoms. The molecule has 0 aromatic heterocycles. The van der Waals surface area contributed by atoms with E-state index in [0.29, 0.717) is 0 Å². The maximum atomic E-state index is 2.33. The second-order valence-electron chi connectivity index (χ2n) is 3.55. The summed E-state index contributed by atoms with van der Waals surface area (Å²) in [6, 6.07) is 0. The van der Waals surface area contributed by atoms with Gasteiger partial charge < -0.3 is 0 Å². The van der Waals surface area contributed by atoms with Gasteiger partial charge in [-0.1, -0.05) is 46.0 Å². The molecule has 0 fully saturated rings. The molecule has 1 heteroatoms. The van der Waals surface area contributed by atoms with Crippen molar-refractivity contribution >= 4 is 11.8 Å². The van der Waals surface area contributed by atoms with Crippen LogP contribution in [0.5, 0.6) is 0 Å². The minimum Gasteiger partial charge on any atom is -0.165 e. The Morgan fingerprint density at radius 2 is 1.83 bits per heavy atom. The van der Waals surface area contributed by atoms with Crippen molar-refractivity contribution in [1.82, 2.24) is 0 Å². The summed E-state index contributed by atoms with van der Waals surface area (Å²) in [5.74, 6) is 2.36. The first-order chi connectivity index (χ1) is 5.85. The predicted octanol–water partition coefficient (Wildman–Crippen LogP) is 4.35. The zero-order valence-corrected chi connectivity index (χ0v) is 9.75. The van der Waals surface area contributed by atoms with Gasteiger partial charge in [-0.2, -0.15) is 11.8 Å². The van der Waals surface area contributed by atoms with Crippen molar-refractivity contribution < 1.29 is 0 Å². The standard InChI is InChI=1S/C11H24S/c1-4-6-7-8-11(5-2)9-10-12-3/h11H,4-10H2,1-3H3. The highest BCUT2D eigenvalue weighted by molar-refractivity contribution is 7.98. The number of unbranched alkanes of at least 4 members (excludes halogenated alkanes) is 2. The van der Waals surface area contributed by atoms with Crippen molar-refractivity contribution in [1.29, 1.82) is 0 Å².